The Kier molecular flexibility index (Phi) is 8.58. The lowest BCUT2D eigenvalue weighted by molar-refractivity contribution is -0.119. The summed E-state index contributed by atoms with van der Waals surface area (Å²) in [7, 11) is 0. The molecule has 0 unspecified atom stereocenters. The predicted molar refractivity (Wildman–Crippen MR) is 97.7 cm³/mol. The predicted octanol–water partition coefficient (Wildman–Crippen LogP) is 1.58. The van der Waals surface area contributed by atoms with Gasteiger partial charge in [-0.3, -0.25) is 9.59 Å². The number of piperidine rings is 1. The van der Waals surface area contributed by atoms with Crippen molar-refractivity contribution in [3.8, 4) is 0 Å². The fourth-order valence-corrected chi connectivity index (χ4v) is 3.06. The van der Waals surface area contributed by atoms with Crippen molar-refractivity contribution in [3.05, 3.63) is 11.8 Å². The highest BCUT2D eigenvalue weighted by molar-refractivity contribution is 8.00. The van der Waals surface area contributed by atoms with E-state index in [2.05, 4.69) is 28.0 Å². The van der Waals surface area contributed by atoms with Crippen molar-refractivity contribution < 1.29 is 14.1 Å². The monoisotopic (exact) mass is 376 g/mol. The highest BCUT2D eigenvalue weighted by atomic mass is 35.5. The maximum Gasteiger partial charge on any atom is 0.235 e. The van der Waals surface area contributed by atoms with Gasteiger partial charge in [0.15, 0.2) is 5.82 Å². The number of anilines is 1. The lowest BCUT2D eigenvalue weighted by atomic mass is 9.81. The van der Waals surface area contributed by atoms with Crippen molar-refractivity contribution >= 4 is 41.8 Å². The first kappa shape index (κ1) is 20.8. The number of nitrogens with zero attached hydrogens (tertiary/aromatic N) is 1. The molecule has 0 saturated carbocycles. The number of carbonyl (C=O) groups excluding carboxylic acids is 2. The van der Waals surface area contributed by atoms with Gasteiger partial charge in [0.25, 0.3) is 0 Å². The Morgan fingerprint density at radius 2 is 2.00 bits per heavy atom. The van der Waals surface area contributed by atoms with E-state index in [1.165, 1.54) is 11.8 Å². The van der Waals surface area contributed by atoms with Gasteiger partial charge in [-0.25, -0.2) is 0 Å². The third kappa shape index (κ3) is 7.11. The molecule has 1 saturated heterocycles. The van der Waals surface area contributed by atoms with E-state index in [4.69, 9.17) is 4.52 Å². The lowest BCUT2D eigenvalue weighted by Crippen LogP contribution is -2.43. The highest BCUT2D eigenvalue weighted by Crippen LogP contribution is 2.26. The van der Waals surface area contributed by atoms with Crippen molar-refractivity contribution in [3.63, 3.8) is 0 Å². The Bertz CT molecular complexity index is 547. The normalized spacial score (nSPS) is 16.1. The summed E-state index contributed by atoms with van der Waals surface area (Å²) in [4.78, 5) is 23.6. The average molecular weight is 377 g/mol. The number of aromatic nitrogens is 1. The van der Waals surface area contributed by atoms with Gasteiger partial charge in [0.2, 0.25) is 11.8 Å². The van der Waals surface area contributed by atoms with Crippen molar-refractivity contribution in [2.75, 3.05) is 36.5 Å². The van der Waals surface area contributed by atoms with Gasteiger partial charge in [0.05, 0.1) is 11.5 Å². The maximum absolute atomic E-state index is 11.9. The van der Waals surface area contributed by atoms with Gasteiger partial charge in [-0.2, -0.15) is 0 Å². The summed E-state index contributed by atoms with van der Waals surface area (Å²) in [6.07, 6.45) is 2.14. The number of hydrogen-bond acceptors (Lipinski definition) is 6. The first-order valence-electron chi connectivity index (χ1n) is 7.75. The standard InChI is InChI=1S/C15H24N4O3S.ClH/c1-11-7-12(19-22-11)18-14(21)9-23-8-13(20)17-10-15(2)3-5-16-6-4-15;/h7,16H,3-6,8-10H2,1-2H3,(H,17,20)(H,18,19,21);1H. The van der Waals surface area contributed by atoms with Crippen LogP contribution in [0, 0.1) is 12.3 Å². The van der Waals surface area contributed by atoms with E-state index in [0.717, 1.165) is 25.9 Å². The SMILES string of the molecule is Cc1cc(NC(=O)CSCC(=O)NCC2(C)CCNCC2)no1.Cl. The van der Waals surface area contributed by atoms with Crippen LogP contribution in [0.5, 0.6) is 0 Å². The smallest absolute Gasteiger partial charge is 0.235 e. The molecule has 2 amide bonds. The summed E-state index contributed by atoms with van der Waals surface area (Å²) in [5, 5.41) is 12.6. The lowest BCUT2D eigenvalue weighted by Gasteiger charge is -2.34. The summed E-state index contributed by atoms with van der Waals surface area (Å²) in [6.45, 7) is 6.66. The van der Waals surface area contributed by atoms with Gasteiger partial charge in [-0.15, -0.1) is 24.2 Å². The molecule has 136 valence electrons. The van der Waals surface area contributed by atoms with Crippen LogP contribution in [0.2, 0.25) is 0 Å². The van der Waals surface area contributed by atoms with Crippen molar-refractivity contribution in [2.24, 2.45) is 5.41 Å². The molecular formula is C15H25ClN4O3S. The van der Waals surface area contributed by atoms with E-state index in [1.807, 2.05) is 0 Å². The van der Waals surface area contributed by atoms with Gasteiger partial charge in [-0.1, -0.05) is 12.1 Å². The Hall–Kier alpha value is -1.25. The Balaban J connectivity index is 0.00000288. The van der Waals surface area contributed by atoms with Crippen LogP contribution in [0.3, 0.4) is 0 Å². The van der Waals surface area contributed by atoms with Crippen LogP contribution in [0.4, 0.5) is 5.82 Å². The van der Waals surface area contributed by atoms with E-state index in [0.29, 0.717) is 18.1 Å². The molecule has 1 aliphatic rings. The van der Waals surface area contributed by atoms with E-state index in [9.17, 15) is 9.59 Å². The zero-order chi connectivity index (χ0) is 16.7. The summed E-state index contributed by atoms with van der Waals surface area (Å²) < 4.78 is 4.87. The van der Waals surface area contributed by atoms with Crippen LogP contribution < -0.4 is 16.0 Å². The molecule has 0 atom stereocenters. The quantitative estimate of drug-likeness (QED) is 0.668. The summed E-state index contributed by atoms with van der Waals surface area (Å²) in [5.41, 5.74) is 0.174. The Labute approximate surface area is 152 Å². The van der Waals surface area contributed by atoms with Crippen molar-refractivity contribution in [1.82, 2.24) is 15.8 Å². The van der Waals surface area contributed by atoms with Crippen LogP contribution in [-0.4, -0.2) is 48.1 Å². The molecule has 0 radical (unpaired) electrons. The number of rotatable bonds is 7. The number of aryl methyl sites for hydroxylation is 1. The van der Waals surface area contributed by atoms with Crippen molar-refractivity contribution in [1.29, 1.82) is 0 Å². The molecule has 2 rings (SSSR count). The summed E-state index contributed by atoms with van der Waals surface area (Å²) in [5.74, 6) is 1.30. The van der Waals surface area contributed by atoms with Crippen LogP contribution in [0.15, 0.2) is 10.6 Å². The first-order valence-corrected chi connectivity index (χ1v) is 8.91. The molecule has 0 aromatic carbocycles. The third-order valence-corrected chi connectivity index (χ3v) is 4.82. The number of thioether (sulfide) groups is 1. The van der Waals surface area contributed by atoms with Gasteiger partial charge < -0.3 is 20.5 Å². The van der Waals surface area contributed by atoms with Crippen LogP contribution in [-0.2, 0) is 9.59 Å². The second-order valence-corrected chi connectivity index (χ2v) is 7.19. The number of halogens is 1. The minimum Gasteiger partial charge on any atom is -0.360 e. The molecule has 9 heteroatoms. The van der Waals surface area contributed by atoms with Crippen LogP contribution >= 0.6 is 24.2 Å². The minimum absolute atomic E-state index is 0. The van der Waals surface area contributed by atoms with Crippen molar-refractivity contribution in [2.45, 2.75) is 26.7 Å². The van der Waals surface area contributed by atoms with Gasteiger partial charge >= 0.3 is 0 Å². The zero-order valence-electron chi connectivity index (χ0n) is 14.0. The van der Waals surface area contributed by atoms with E-state index >= 15 is 0 Å². The van der Waals surface area contributed by atoms with Gasteiger partial charge in [0, 0.05) is 12.6 Å². The highest BCUT2D eigenvalue weighted by Gasteiger charge is 2.26. The molecule has 0 bridgehead atoms. The summed E-state index contributed by atoms with van der Waals surface area (Å²) in [6, 6.07) is 1.65. The fourth-order valence-electron chi connectivity index (χ4n) is 2.41. The number of carbonyl (C=O) groups is 2. The number of nitrogens with one attached hydrogen (secondary N) is 3. The molecule has 1 fully saturated rings. The molecule has 0 aliphatic carbocycles. The number of hydrogen-bond donors (Lipinski definition) is 3. The van der Waals surface area contributed by atoms with E-state index in [1.54, 1.807) is 13.0 Å². The van der Waals surface area contributed by atoms with Crippen LogP contribution in [0.1, 0.15) is 25.5 Å². The van der Waals surface area contributed by atoms with E-state index < -0.39 is 0 Å². The molecule has 0 spiro atoms. The molecule has 1 aliphatic heterocycles. The topological polar surface area (TPSA) is 96.3 Å². The largest absolute Gasteiger partial charge is 0.360 e. The zero-order valence-corrected chi connectivity index (χ0v) is 15.6. The molecule has 1 aromatic heterocycles. The molecule has 3 N–H and O–H groups in total. The second kappa shape index (κ2) is 9.90. The molecule has 7 nitrogen and oxygen atoms in total. The van der Waals surface area contributed by atoms with E-state index in [-0.39, 0.29) is 41.1 Å². The molecule has 1 aromatic rings. The fraction of sp³-hybridized carbons (Fsp3) is 0.667. The first-order chi connectivity index (χ1) is 11.0. The van der Waals surface area contributed by atoms with Crippen LogP contribution in [0.25, 0.3) is 0 Å². The molecular weight excluding hydrogens is 352 g/mol. The second-order valence-electron chi connectivity index (χ2n) is 6.20. The maximum atomic E-state index is 11.9. The Morgan fingerprint density at radius 3 is 2.62 bits per heavy atom. The minimum atomic E-state index is -0.193. The van der Waals surface area contributed by atoms with Gasteiger partial charge in [0.1, 0.15) is 5.76 Å². The number of amides is 2. The average Bonchev–Trinajstić information content (AvgIpc) is 2.91. The molecule has 24 heavy (non-hydrogen) atoms. The Morgan fingerprint density at radius 1 is 1.33 bits per heavy atom. The molecule has 2 heterocycles. The van der Waals surface area contributed by atoms with Gasteiger partial charge in [-0.05, 0) is 38.3 Å². The summed E-state index contributed by atoms with van der Waals surface area (Å²) >= 11 is 1.29. The third-order valence-electron chi connectivity index (χ3n) is 3.88.